The maximum Gasteiger partial charge on any atom is 0.335 e. The number of carbonyl (C=O) groups excluding carboxylic acids is 3. The first-order valence-electron chi connectivity index (χ1n) is 17.1. The lowest BCUT2D eigenvalue weighted by Gasteiger charge is -2.39. The number of carbonyl (C=O) groups is 4. The Morgan fingerprint density at radius 2 is 1.52 bits per heavy atom. The summed E-state index contributed by atoms with van der Waals surface area (Å²) in [6.45, 7) is 0.823. The Morgan fingerprint density at radius 1 is 0.840 bits per heavy atom. The van der Waals surface area contributed by atoms with Crippen molar-refractivity contribution in [2.45, 2.75) is 63.3 Å². The molecule has 4 aromatic carbocycles. The Labute approximate surface area is 292 Å². The van der Waals surface area contributed by atoms with Gasteiger partial charge in [-0.3, -0.25) is 14.4 Å². The fourth-order valence-electron chi connectivity index (χ4n) is 6.93. The van der Waals surface area contributed by atoms with Gasteiger partial charge in [0.15, 0.2) is 0 Å². The molecule has 0 aromatic heterocycles. The number of likely N-dealkylation sites (N-methyl/N-ethyl adjacent to an activating group) is 1. The predicted molar refractivity (Wildman–Crippen MR) is 191 cm³/mol. The third-order valence-electron chi connectivity index (χ3n) is 9.58. The van der Waals surface area contributed by atoms with E-state index >= 15 is 0 Å². The molecule has 10 nitrogen and oxygen atoms in total. The molecule has 258 valence electrons. The normalized spacial score (nSPS) is 17.1. The predicted octanol–water partition coefficient (Wildman–Crippen LogP) is 4.39. The average molecular weight is 674 g/mol. The Bertz CT molecular complexity index is 1840. The molecule has 1 aliphatic carbocycles. The van der Waals surface area contributed by atoms with Gasteiger partial charge in [0.1, 0.15) is 12.1 Å². The molecule has 50 heavy (non-hydrogen) atoms. The SMILES string of the molecule is CNCC(=O)NC(Cc1ccc(NCc2ccc(C(=O)O)cc2)cc1)C(=O)N1Cc2ccccc2C[C@H]1C(=O)NC1CCCc2ccccc21. The van der Waals surface area contributed by atoms with Gasteiger partial charge < -0.3 is 31.3 Å². The molecule has 1 aliphatic heterocycles. The first-order valence-corrected chi connectivity index (χ1v) is 17.1. The van der Waals surface area contributed by atoms with Crippen molar-refractivity contribution in [3.8, 4) is 0 Å². The second-order valence-electron chi connectivity index (χ2n) is 13.0. The average Bonchev–Trinajstić information content (AvgIpc) is 3.14. The van der Waals surface area contributed by atoms with E-state index in [-0.39, 0.29) is 48.8 Å². The zero-order chi connectivity index (χ0) is 35.0. The fraction of sp³-hybridized carbons (Fsp3) is 0.300. The number of nitrogens with zero attached hydrogens (tertiary/aromatic N) is 1. The highest BCUT2D eigenvalue weighted by Crippen LogP contribution is 2.31. The second kappa shape index (κ2) is 15.8. The van der Waals surface area contributed by atoms with E-state index in [0.717, 1.165) is 52.8 Å². The molecule has 2 unspecified atom stereocenters. The minimum Gasteiger partial charge on any atom is -0.478 e. The van der Waals surface area contributed by atoms with Crippen LogP contribution in [0.2, 0.25) is 0 Å². The Kier molecular flexibility index (Phi) is 10.9. The topological polar surface area (TPSA) is 140 Å². The molecule has 0 spiro atoms. The molecule has 5 N–H and O–H groups in total. The number of rotatable bonds is 12. The molecule has 10 heteroatoms. The summed E-state index contributed by atoms with van der Waals surface area (Å²) in [6.07, 6.45) is 3.43. The third kappa shape index (κ3) is 8.20. The van der Waals surface area contributed by atoms with Crippen molar-refractivity contribution in [3.63, 3.8) is 0 Å². The van der Waals surface area contributed by atoms with E-state index < -0.39 is 18.1 Å². The van der Waals surface area contributed by atoms with Gasteiger partial charge in [-0.05, 0) is 84.0 Å². The van der Waals surface area contributed by atoms with Crippen LogP contribution in [0.1, 0.15) is 62.6 Å². The maximum absolute atomic E-state index is 14.5. The van der Waals surface area contributed by atoms with Crippen LogP contribution in [0.15, 0.2) is 97.1 Å². The molecule has 0 fully saturated rings. The Balaban J connectivity index is 1.20. The van der Waals surface area contributed by atoms with Crippen molar-refractivity contribution in [1.82, 2.24) is 20.9 Å². The molecule has 3 amide bonds. The molecule has 0 bridgehead atoms. The van der Waals surface area contributed by atoms with Crippen molar-refractivity contribution in [1.29, 1.82) is 0 Å². The van der Waals surface area contributed by atoms with Gasteiger partial charge >= 0.3 is 5.97 Å². The summed E-state index contributed by atoms with van der Waals surface area (Å²) in [5.74, 6) is -1.77. The molecule has 6 rings (SSSR count). The number of anilines is 1. The van der Waals surface area contributed by atoms with Crippen LogP contribution < -0.4 is 21.3 Å². The minimum atomic E-state index is -0.964. The van der Waals surface area contributed by atoms with Crippen molar-refractivity contribution in [2.75, 3.05) is 18.9 Å². The van der Waals surface area contributed by atoms with Gasteiger partial charge in [-0.25, -0.2) is 4.79 Å². The summed E-state index contributed by atoms with van der Waals surface area (Å²) in [5, 5.41) is 21.5. The highest BCUT2D eigenvalue weighted by Gasteiger charge is 2.39. The van der Waals surface area contributed by atoms with Gasteiger partial charge in [0.2, 0.25) is 17.7 Å². The zero-order valence-electron chi connectivity index (χ0n) is 28.2. The molecule has 0 radical (unpaired) electrons. The number of hydrogen-bond acceptors (Lipinski definition) is 6. The van der Waals surface area contributed by atoms with E-state index in [1.165, 1.54) is 5.56 Å². The lowest BCUT2D eigenvalue weighted by Crippen LogP contribution is -2.59. The number of aryl methyl sites for hydroxylation is 1. The fourth-order valence-corrected chi connectivity index (χ4v) is 6.93. The van der Waals surface area contributed by atoms with Crippen molar-refractivity contribution in [2.24, 2.45) is 0 Å². The maximum atomic E-state index is 14.5. The molecule has 1 heterocycles. The van der Waals surface area contributed by atoms with Crippen molar-refractivity contribution in [3.05, 3.63) is 136 Å². The third-order valence-corrected chi connectivity index (χ3v) is 9.58. The lowest BCUT2D eigenvalue weighted by atomic mass is 9.87. The van der Waals surface area contributed by atoms with E-state index in [0.29, 0.717) is 13.0 Å². The van der Waals surface area contributed by atoms with Crippen LogP contribution in [-0.4, -0.2) is 59.4 Å². The number of amides is 3. The quantitative estimate of drug-likeness (QED) is 0.150. The Morgan fingerprint density at radius 3 is 2.24 bits per heavy atom. The van der Waals surface area contributed by atoms with Gasteiger partial charge in [0.25, 0.3) is 0 Å². The monoisotopic (exact) mass is 673 g/mol. The summed E-state index contributed by atoms with van der Waals surface area (Å²) < 4.78 is 0. The summed E-state index contributed by atoms with van der Waals surface area (Å²) in [7, 11) is 1.67. The van der Waals surface area contributed by atoms with Crippen LogP contribution in [0.3, 0.4) is 0 Å². The number of nitrogens with one attached hydrogen (secondary N) is 4. The number of hydrogen-bond donors (Lipinski definition) is 5. The van der Waals surface area contributed by atoms with E-state index in [4.69, 9.17) is 5.11 Å². The first-order chi connectivity index (χ1) is 24.3. The highest BCUT2D eigenvalue weighted by atomic mass is 16.4. The van der Waals surface area contributed by atoms with Crippen LogP contribution in [0.5, 0.6) is 0 Å². The minimum absolute atomic E-state index is 0.0495. The van der Waals surface area contributed by atoms with Crippen LogP contribution in [-0.2, 0) is 46.7 Å². The molecule has 4 aromatic rings. The molecule has 2 aliphatic rings. The summed E-state index contributed by atoms with van der Waals surface area (Å²) in [6, 6.07) is 28.7. The van der Waals surface area contributed by atoms with Gasteiger partial charge in [-0.15, -0.1) is 0 Å². The highest BCUT2D eigenvalue weighted by molar-refractivity contribution is 5.93. The van der Waals surface area contributed by atoms with Crippen LogP contribution in [0, 0.1) is 0 Å². The summed E-state index contributed by atoms with van der Waals surface area (Å²) in [4.78, 5) is 54.3. The summed E-state index contributed by atoms with van der Waals surface area (Å²) >= 11 is 0. The van der Waals surface area contributed by atoms with Gasteiger partial charge in [0, 0.05) is 31.6 Å². The standard InChI is InChI=1S/C40H43N5O5/c1-41-24-37(46)43-35(21-26-15-19-32(20-16-26)42-23-27-13-17-29(18-14-27)40(49)50)39(48)45-25-31-9-3-2-8-30(31)22-36(45)38(47)44-34-12-6-10-28-7-4-5-11-33(28)34/h2-5,7-9,11,13-20,34-36,41-42H,6,10,12,21-25H2,1H3,(H,43,46)(H,44,47)(H,49,50)/t34?,35?,36-/m0/s1. The first kappa shape index (κ1) is 34.4. The van der Waals surface area contributed by atoms with Crippen LogP contribution in [0.25, 0.3) is 0 Å². The van der Waals surface area contributed by atoms with Gasteiger partial charge in [-0.2, -0.15) is 0 Å². The number of benzene rings is 4. The molecule has 3 atom stereocenters. The summed E-state index contributed by atoms with van der Waals surface area (Å²) in [5.41, 5.74) is 7.28. The van der Waals surface area contributed by atoms with Crippen LogP contribution >= 0.6 is 0 Å². The largest absolute Gasteiger partial charge is 0.478 e. The number of aromatic carboxylic acids is 1. The van der Waals surface area contributed by atoms with E-state index in [1.54, 1.807) is 36.2 Å². The van der Waals surface area contributed by atoms with Crippen LogP contribution in [0.4, 0.5) is 5.69 Å². The van der Waals surface area contributed by atoms with Gasteiger partial charge in [-0.1, -0.05) is 72.8 Å². The van der Waals surface area contributed by atoms with E-state index in [2.05, 4.69) is 33.4 Å². The van der Waals surface area contributed by atoms with Crippen molar-refractivity contribution < 1.29 is 24.3 Å². The smallest absolute Gasteiger partial charge is 0.335 e. The second-order valence-corrected chi connectivity index (χ2v) is 13.0. The number of carboxylic acid groups (broad SMARTS) is 1. The molecule has 0 saturated carbocycles. The zero-order valence-corrected chi connectivity index (χ0v) is 28.2. The van der Waals surface area contributed by atoms with E-state index in [1.807, 2.05) is 60.7 Å². The number of carboxylic acids is 1. The number of fused-ring (bicyclic) bond motifs is 2. The van der Waals surface area contributed by atoms with Gasteiger partial charge in [0.05, 0.1) is 18.2 Å². The van der Waals surface area contributed by atoms with E-state index in [9.17, 15) is 19.2 Å². The molecular weight excluding hydrogens is 630 g/mol. The molecular formula is C40H43N5O5. The lowest BCUT2D eigenvalue weighted by molar-refractivity contribution is -0.144. The molecule has 0 saturated heterocycles. The van der Waals surface area contributed by atoms with Crippen molar-refractivity contribution >= 4 is 29.4 Å². The Hall–Kier alpha value is -5.48.